The fraction of sp³-hybridized carbons (Fsp3) is 0.250. The van der Waals surface area contributed by atoms with E-state index < -0.39 is 17.5 Å². The van der Waals surface area contributed by atoms with Gasteiger partial charge in [-0.15, -0.1) is 0 Å². The number of nitrogens with zero attached hydrogens (tertiary/aromatic N) is 1. The minimum atomic E-state index is -1.17. The predicted molar refractivity (Wildman–Crippen MR) is 62.8 cm³/mol. The average molecular weight is 245 g/mol. The van der Waals surface area contributed by atoms with Crippen LogP contribution in [0.25, 0.3) is 11.1 Å². The molecule has 1 aliphatic heterocycles. The fourth-order valence-electron chi connectivity index (χ4n) is 1.99. The van der Waals surface area contributed by atoms with Gasteiger partial charge in [-0.25, -0.2) is 9.78 Å². The van der Waals surface area contributed by atoms with Crippen LogP contribution in [0.3, 0.4) is 0 Å². The molecule has 1 saturated heterocycles. The maximum atomic E-state index is 11.8. The number of aryl methyl sites for hydroxylation is 1. The van der Waals surface area contributed by atoms with Gasteiger partial charge in [0.15, 0.2) is 11.1 Å². The zero-order chi connectivity index (χ0) is 12.9. The molecule has 0 aromatic carbocycles. The summed E-state index contributed by atoms with van der Waals surface area (Å²) in [4.78, 5) is 27.3. The number of carbonyl (C=O) groups excluding carboxylic acids is 2. The van der Waals surface area contributed by atoms with E-state index in [0.29, 0.717) is 16.9 Å². The summed E-state index contributed by atoms with van der Waals surface area (Å²) in [5, 5.41) is 4.74. The second-order valence-corrected chi connectivity index (χ2v) is 4.48. The van der Waals surface area contributed by atoms with Gasteiger partial charge in [-0.3, -0.25) is 10.1 Å². The van der Waals surface area contributed by atoms with Crippen molar-refractivity contribution in [3.8, 4) is 0 Å². The van der Waals surface area contributed by atoms with Crippen LogP contribution in [0.2, 0.25) is 0 Å². The van der Waals surface area contributed by atoms with Crippen molar-refractivity contribution in [3.63, 3.8) is 0 Å². The van der Waals surface area contributed by atoms with Crippen molar-refractivity contribution in [2.75, 3.05) is 0 Å². The smallest absolute Gasteiger partial charge is 0.322 e. The Morgan fingerprint density at radius 2 is 2.11 bits per heavy atom. The Morgan fingerprint density at radius 1 is 1.33 bits per heavy atom. The summed E-state index contributed by atoms with van der Waals surface area (Å²) in [6.07, 6.45) is 0. The maximum Gasteiger partial charge on any atom is 0.322 e. The second-order valence-electron chi connectivity index (χ2n) is 4.48. The van der Waals surface area contributed by atoms with E-state index in [-0.39, 0.29) is 0 Å². The first-order valence-electron chi connectivity index (χ1n) is 5.50. The monoisotopic (exact) mass is 245 g/mol. The molecule has 1 fully saturated rings. The van der Waals surface area contributed by atoms with Crippen LogP contribution in [0, 0.1) is 6.92 Å². The number of amides is 3. The first-order valence-corrected chi connectivity index (χ1v) is 5.50. The molecule has 18 heavy (non-hydrogen) atoms. The Morgan fingerprint density at radius 3 is 2.78 bits per heavy atom. The Hall–Kier alpha value is -2.37. The Bertz CT molecular complexity index is 676. The topological polar surface area (TPSA) is 84.2 Å². The lowest BCUT2D eigenvalue weighted by Gasteiger charge is -2.16. The number of furan rings is 1. The minimum Gasteiger partial charge on any atom is -0.456 e. The Balaban J connectivity index is 2.14. The van der Waals surface area contributed by atoms with Gasteiger partial charge in [0.25, 0.3) is 5.91 Å². The molecule has 0 spiro atoms. The molecule has 6 heteroatoms. The predicted octanol–water partition coefficient (Wildman–Crippen LogP) is 1.19. The molecule has 3 amide bonds. The van der Waals surface area contributed by atoms with E-state index in [1.165, 1.54) is 0 Å². The molecule has 2 N–H and O–H groups in total. The number of carbonyl (C=O) groups is 2. The molecule has 3 rings (SSSR count). The van der Waals surface area contributed by atoms with Crippen LogP contribution in [0.1, 0.15) is 18.4 Å². The number of nitrogens with one attached hydrogen (secondary N) is 2. The lowest BCUT2D eigenvalue weighted by Crippen LogP contribution is -2.40. The lowest BCUT2D eigenvalue weighted by molar-refractivity contribution is -0.124. The van der Waals surface area contributed by atoms with Crippen LogP contribution >= 0.6 is 0 Å². The lowest BCUT2D eigenvalue weighted by atomic mass is 10.00. The molecule has 0 aliphatic carbocycles. The van der Waals surface area contributed by atoms with Crippen molar-refractivity contribution in [1.29, 1.82) is 0 Å². The third-order valence-electron chi connectivity index (χ3n) is 3.05. The first kappa shape index (κ1) is 10.8. The number of rotatable bonds is 1. The fourth-order valence-corrected chi connectivity index (χ4v) is 1.99. The molecule has 3 heterocycles. The molecule has 0 radical (unpaired) electrons. The van der Waals surface area contributed by atoms with E-state index in [4.69, 9.17) is 4.42 Å². The number of imide groups is 1. The third-order valence-corrected chi connectivity index (χ3v) is 3.05. The summed E-state index contributed by atoms with van der Waals surface area (Å²) in [5.74, 6) is -0.0535. The van der Waals surface area contributed by atoms with Gasteiger partial charge in [-0.1, -0.05) is 0 Å². The number of hydrogen-bond donors (Lipinski definition) is 2. The molecule has 0 unspecified atom stereocenters. The number of aromatic nitrogens is 1. The molecule has 1 aliphatic rings. The van der Waals surface area contributed by atoms with Gasteiger partial charge in [0.05, 0.1) is 0 Å². The van der Waals surface area contributed by atoms with Gasteiger partial charge in [-0.2, -0.15) is 0 Å². The van der Waals surface area contributed by atoms with Gasteiger partial charge in [0, 0.05) is 11.8 Å². The molecule has 2 aromatic heterocycles. The molecular formula is C12H11N3O3. The van der Waals surface area contributed by atoms with Crippen LogP contribution in [0.15, 0.2) is 22.6 Å². The highest BCUT2D eigenvalue weighted by molar-refractivity contribution is 6.07. The Kier molecular flexibility index (Phi) is 1.98. The summed E-state index contributed by atoms with van der Waals surface area (Å²) >= 11 is 0. The van der Waals surface area contributed by atoms with E-state index in [0.717, 1.165) is 5.69 Å². The Labute approximate surface area is 102 Å². The highest BCUT2D eigenvalue weighted by Gasteiger charge is 2.46. The highest BCUT2D eigenvalue weighted by Crippen LogP contribution is 2.29. The van der Waals surface area contributed by atoms with Gasteiger partial charge < -0.3 is 9.73 Å². The van der Waals surface area contributed by atoms with E-state index in [9.17, 15) is 9.59 Å². The number of hydrogen-bond acceptors (Lipinski definition) is 4. The molecule has 0 bridgehead atoms. The summed E-state index contributed by atoms with van der Waals surface area (Å²) in [7, 11) is 0. The quantitative estimate of drug-likeness (QED) is 0.739. The van der Waals surface area contributed by atoms with Crippen molar-refractivity contribution in [2.24, 2.45) is 0 Å². The van der Waals surface area contributed by atoms with E-state index in [1.807, 2.05) is 13.0 Å². The molecule has 2 aromatic rings. The summed E-state index contributed by atoms with van der Waals surface area (Å²) in [6, 6.07) is 4.77. The normalized spacial score (nSPS) is 23.2. The minimum absolute atomic E-state index is 0.374. The standard InChI is InChI=1S/C12H11N3O3/c1-6-3-4-8-7(13-6)5-9(18-8)12(2)10(16)14-11(17)15-12/h3-5H,1-2H3,(H2,14,15,16,17)/t12-/m0/s1. The van der Waals surface area contributed by atoms with Crippen LogP contribution in [0.4, 0.5) is 4.79 Å². The van der Waals surface area contributed by atoms with Crippen molar-refractivity contribution in [3.05, 3.63) is 29.7 Å². The van der Waals surface area contributed by atoms with Gasteiger partial charge in [0.1, 0.15) is 11.3 Å². The number of fused-ring (bicyclic) bond motifs is 1. The molecule has 0 saturated carbocycles. The molecule has 1 atom stereocenters. The van der Waals surface area contributed by atoms with Crippen molar-refractivity contribution >= 4 is 23.0 Å². The van der Waals surface area contributed by atoms with E-state index in [1.54, 1.807) is 19.1 Å². The van der Waals surface area contributed by atoms with Crippen LogP contribution in [-0.4, -0.2) is 16.9 Å². The van der Waals surface area contributed by atoms with Crippen LogP contribution < -0.4 is 10.6 Å². The molecular weight excluding hydrogens is 234 g/mol. The van der Waals surface area contributed by atoms with Gasteiger partial charge in [-0.05, 0) is 26.0 Å². The van der Waals surface area contributed by atoms with Crippen molar-refractivity contribution in [2.45, 2.75) is 19.4 Å². The highest BCUT2D eigenvalue weighted by atomic mass is 16.3. The first-order chi connectivity index (χ1) is 8.49. The van der Waals surface area contributed by atoms with Crippen molar-refractivity contribution < 1.29 is 14.0 Å². The summed E-state index contributed by atoms with van der Waals surface area (Å²) in [5.41, 5.74) is 0.942. The summed E-state index contributed by atoms with van der Waals surface area (Å²) < 4.78 is 5.59. The number of pyridine rings is 1. The van der Waals surface area contributed by atoms with Gasteiger partial charge in [0.2, 0.25) is 0 Å². The van der Waals surface area contributed by atoms with Crippen LogP contribution in [-0.2, 0) is 10.3 Å². The van der Waals surface area contributed by atoms with Crippen LogP contribution in [0.5, 0.6) is 0 Å². The zero-order valence-electron chi connectivity index (χ0n) is 9.90. The third kappa shape index (κ3) is 1.38. The summed E-state index contributed by atoms with van der Waals surface area (Å²) in [6.45, 7) is 3.47. The maximum absolute atomic E-state index is 11.8. The number of urea groups is 1. The second kappa shape index (κ2) is 3.32. The molecule has 6 nitrogen and oxygen atoms in total. The van der Waals surface area contributed by atoms with E-state index in [2.05, 4.69) is 15.6 Å². The average Bonchev–Trinajstić information content (AvgIpc) is 2.81. The zero-order valence-corrected chi connectivity index (χ0v) is 9.90. The van der Waals surface area contributed by atoms with Gasteiger partial charge >= 0.3 is 6.03 Å². The largest absolute Gasteiger partial charge is 0.456 e. The molecule has 92 valence electrons. The van der Waals surface area contributed by atoms with E-state index >= 15 is 0 Å². The van der Waals surface area contributed by atoms with Crippen molar-refractivity contribution in [1.82, 2.24) is 15.6 Å². The SMILES string of the molecule is Cc1ccc2oc([C@]3(C)NC(=O)NC3=O)cc2n1.